The van der Waals surface area contributed by atoms with Gasteiger partial charge in [0.05, 0.1) is 0 Å². The Morgan fingerprint density at radius 1 is 1.04 bits per heavy atom. The number of hydrogen-bond donors (Lipinski definition) is 2. The van der Waals surface area contributed by atoms with Gasteiger partial charge < -0.3 is 25.2 Å². The van der Waals surface area contributed by atoms with Gasteiger partial charge in [0, 0.05) is 59.5 Å². The minimum absolute atomic E-state index is 0. The number of unbranched alkanes of at least 4 members (excludes halogenated alkanes) is 1. The predicted molar refractivity (Wildman–Crippen MR) is 116 cm³/mol. The molecule has 2 N–H and O–H groups in total. The van der Waals surface area contributed by atoms with Crippen molar-refractivity contribution in [3.8, 4) is 0 Å². The number of hydrogen-bond acceptors (Lipinski definition) is 4. The van der Waals surface area contributed by atoms with Crippen molar-refractivity contribution in [2.75, 3.05) is 73.1 Å². The molecule has 0 spiro atoms. The second-order valence-electron chi connectivity index (χ2n) is 7.15. The van der Waals surface area contributed by atoms with Gasteiger partial charge in [-0.3, -0.25) is 4.99 Å². The highest BCUT2D eigenvalue weighted by Crippen LogP contribution is 2.28. The lowest BCUT2D eigenvalue weighted by Crippen LogP contribution is -2.44. The van der Waals surface area contributed by atoms with Crippen molar-refractivity contribution >= 4 is 29.9 Å². The number of halogens is 1. The molecule has 0 amide bonds. The molecule has 7 heteroatoms. The Kier molecular flexibility index (Phi) is 12.8. The molecule has 1 aliphatic heterocycles. The second kappa shape index (κ2) is 14.0. The van der Waals surface area contributed by atoms with Gasteiger partial charge in [-0.25, -0.2) is 0 Å². The molecule has 2 aliphatic rings. The molecule has 0 unspecified atom stereocenters. The van der Waals surface area contributed by atoms with Crippen molar-refractivity contribution in [1.82, 2.24) is 20.4 Å². The van der Waals surface area contributed by atoms with Gasteiger partial charge >= 0.3 is 0 Å². The molecule has 0 aromatic rings. The van der Waals surface area contributed by atoms with Crippen molar-refractivity contribution in [3.05, 3.63) is 0 Å². The number of likely N-dealkylation sites (N-methyl/N-ethyl adjacent to an activating group) is 1. The first-order valence-electron chi connectivity index (χ1n) is 9.71. The number of guanidine groups is 1. The standard InChI is InChI=1S/C18H37N5O.HI/c1-19-18(21-9-5-15-24-16-17-6-7-17)20-8-3-4-10-23-13-11-22(2)12-14-23;/h17H,3-16H2,1-2H3,(H2,19,20,21);1H. The molecule has 2 fully saturated rings. The van der Waals surface area contributed by atoms with Crippen LogP contribution in [0.5, 0.6) is 0 Å². The fourth-order valence-electron chi connectivity index (χ4n) is 2.87. The molecular formula is C18H38IN5O. The summed E-state index contributed by atoms with van der Waals surface area (Å²) < 4.78 is 5.64. The summed E-state index contributed by atoms with van der Waals surface area (Å²) in [6.45, 7) is 9.80. The molecule has 1 saturated carbocycles. The monoisotopic (exact) mass is 467 g/mol. The summed E-state index contributed by atoms with van der Waals surface area (Å²) in [4.78, 5) is 9.26. The molecule has 0 aromatic heterocycles. The average Bonchev–Trinajstić information content (AvgIpc) is 3.41. The van der Waals surface area contributed by atoms with Gasteiger partial charge in [-0.15, -0.1) is 24.0 Å². The number of rotatable bonds is 11. The quantitative estimate of drug-likeness (QED) is 0.209. The third-order valence-corrected chi connectivity index (χ3v) is 4.82. The van der Waals surface area contributed by atoms with Crippen LogP contribution in [0.4, 0.5) is 0 Å². The zero-order chi connectivity index (χ0) is 17.0. The summed E-state index contributed by atoms with van der Waals surface area (Å²) in [6, 6.07) is 0. The minimum atomic E-state index is 0. The lowest BCUT2D eigenvalue weighted by Gasteiger charge is -2.32. The maximum absolute atomic E-state index is 5.64. The summed E-state index contributed by atoms with van der Waals surface area (Å²) in [7, 11) is 4.04. The van der Waals surface area contributed by atoms with Gasteiger partial charge in [-0.2, -0.15) is 0 Å². The number of nitrogens with zero attached hydrogens (tertiary/aromatic N) is 3. The highest BCUT2D eigenvalue weighted by Gasteiger charge is 2.20. The molecule has 1 saturated heterocycles. The van der Waals surface area contributed by atoms with E-state index in [4.69, 9.17) is 4.74 Å². The fraction of sp³-hybridized carbons (Fsp3) is 0.944. The van der Waals surface area contributed by atoms with E-state index in [1.807, 2.05) is 7.05 Å². The van der Waals surface area contributed by atoms with Crippen LogP contribution in [0.3, 0.4) is 0 Å². The van der Waals surface area contributed by atoms with Crippen LogP contribution in [0.1, 0.15) is 32.1 Å². The highest BCUT2D eigenvalue weighted by atomic mass is 127. The number of aliphatic imine (C=N–C) groups is 1. The van der Waals surface area contributed by atoms with Crippen LogP contribution >= 0.6 is 24.0 Å². The minimum Gasteiger partial charge on any atom is -0.381 e. The van der Waals surface area contributed by atoms with E-state index in [-0.39, 0.29) is 24.0 Å². The third-order valence-electron chi connectivity index (χ3n) is 4.82. The zero-order valence-electron chi connectivity index (χ0n) is 16.1. The molecule has 0 bridgehead atoms. The van der Waals surface area contributed by atoms with E-state index in [9.17, 15) is 0 Å². The molecule has 148 valence electrons. The van der Waals surface area contributed by atoms with Crippen LogP contribution in [0, 0.1) is 5.92 Å². The van der Waals surface area contributed by atoms with Crippen LogP contribution in [-0.2, 0) is 4.74 Å². The molecular weight excluding hydrogens is 429 g/mol. The van der Waals surface area contributed by atoms with Crippen LogP contribution in [0.15, 0.2) is 4.99 Å². The van der Waals surface area contributed by atoms with Gasteiger partial charge in [-0.1, -0.05) is 0 Å². The molecule has 6 nitrogen and oxygen atoms in total. The van der Waals surface area contributed by atoms with E-state index in [2.05, 4.69) is 32.5 Å². The highest BCUT2D eigenvalue weighted by molar-refractivity contribution is 14.0. The Morgan fingerprint density at radius 2 is 1.72 bits per heavy atom. The van der Waals surface area contributed by atoms with Crippen LogP contribution in [0.2, 0.25) is 0 Å². The van der Waals surface area contributed by atoms with E-state index in [0.717, 1.165) is 44.6 Å². The van der Waals surface area contributed by atoms with Crippen molar-refractivity contribution < 1.29 is 4.74 Å². The van der Waals surface area contributed by atoms with Crippen molar-refractivity contribution in [1.29, 1.82) is 0 Å². The van der Waals surface area contributed by atoms with Crippen molar-refractivity contribution in [2.45, 2.75) is 32.1 Å². The molecule has 1 heterocycles. The molecule has 2 rings (SSSR count). The topological polar surface area (TPSA) is 52.1 Å². The van der Waals surface area contributed by atoms with Crippen molar-refractivity contribution in [3.63, 3.8) is 0 Å². The van der Waals surface area contributed by atoms with E-state index in [0.29, 0.717) is 0 Å². The third kappa shape index (κ3) is 11.2. The van der Waals surface area contributed by atoms with Gasteiger partial charge in [0.15, 0.2) is 5.96 Å². The molecule has 0 aromatic carbocycles. The van der Waals surface area contributed by atoms with Crippen LogP contribution in [0.25, 0.3) is 0 Å². The Labute approximate surface area is 171 Å². The Balaban J connectivity index is 0.00000312. The van der Waals surface area contributed by atoms with E-state index in [1.165, 1.54) is 58.4 Å². The summed E-state index contributed by atoms with van der Waals surface area (Å²) in [6.07, 6.45) is 6.21. The normalized spacial score (nSPS) is 19.5. The fourth-order valence-corrected chi connectivity index (χ4v) is 2.87. The number of ether oxygens (including phenoxy) is 1. The summed E-state index contributed by atoms with van der Waals surface area (Å²) in [5.74, 6) is 1.77. The molecule has 0 atom stereocenters. The first kappa shape index (κ1) is 22.9. The first-order chi connectivity index (χ1) is 11.8. The SMILES string of the molecule is CN=C(NCCCCN1CCN(C)CC1)NCCCOCC1CC1.I. The lowest BCUT2D eigenvalue weighted by atomic mass is 10.2. The van der Waals surface area contributed by atoms with E-state index >= 15 is 0 Å². The number of piperazine rings is 1. The van der Waals surface area contributed by atoms with Gasteiger partial charge in [0.2, 0.25) is 0 Å². The summed E-state index contributed by atoms with van der Waals surface area (Å²) >= 11 is 0. The predicted octanol–water partition coefficient (Wildman–Crippen LogP) is 1.61. The van der Waals surface area contributed by atoms with E-state index in [1.54, 1.807) is 0 Å². The van der Waals surface area contributed by atoms with Gasteiger partial charge in [0.1, 0.15) is 0 Å². The van der Waals surface area contributed by atoms with Crippen LogP contribution < -0.4 is 10.6 Å². The molecule has 25 heavy (non-hydrogen) atoms. The molecule has 0 radical (unpaired) electrons. The maximum Gasteiger partial charge on any atom is 0.190 e. The van der Waals surface area contributed by atoms with E-state index < -0.39 is 0 Å². The Hall–Kier alpha value is -0.120. The zero-order valence-corrected chi connectivity index (χ0v) is 18.5. The first-order valence-corrected chi connectivity index (χ1v) is 9.71. The second-order valence-corrected chi connectivity index (χ2v) is 7.15. The summed E-state index contributed by atoms with van der Waals surface area (Å²) in [5, 5.41) is 6.77. The number of nitrogens with one attached hydrogen (secondary N) is 2. The molecule has 1 aliphatic carbocycles. The van der Waals surface area contributed by atoms with Crippen molar-refractivity contribution in [2.24, 2.45) is 10.9 Å². The van der Waals surface area contributed by atoms with Crippen LogP contribution in [-0.4, -0.2) is 88.9 Å². The Bertz CT molecular complexity index is 357. The smallest absolute Gasteiger partial charge is 0.190 e. The largest absolute Gasteiger partial charge is 0.381 e. The average molecular weight is 467 g/mol. The van der Waals surface area contributed by atoms with Gasteiger partial charge in [-0.05, 0) is 51.6 Å². The summed E-state index contributed by atoms with van der Waals surface area (Å²) in [5.41, 5.74) is 0. The lowest BCUT2D eigenvalue weighted by molar-refractivity contribution is 0.123. The van der Waals surface area contributed by atoms with Gasteiger partial charge in [0.25, 0.3) is 0 Å². The maximum atomic E-state index is 5.64. The Morgan fingerprint density at radius 3 is 2.36 bits per heavy atom.